The highest BCUT2D eigenvalue weighted by Crippen LogP contribution is 2.22. The Balaban J connectivity index is 2.70. The Morgan fingerprint density at radius 1 is 1.43 bits per heavy atom. The lowest BCUT2D eigenvalue weighted by Crippen LogP contribution is -1.97. The number of anilines is 1. The van der Waals surface area contributed by atoms with Crippen molar-refractivity contribution in [1.82, 2.24) is 9.78 Å². The molecule has 74 valence electrons. The Hall–Kier alpha value is -1.65. The van der Waals surface area contributed by atoms with Crippen LogP contribution in [0.5, 0.6) is 0 Å². The third-order valence-corrected chi connectivity index (χ3v) is 2.04. The number of hydrogen-bond acceptors (Lipinski definition) is 2. The minimum atomic E-state index is -2.61. The van der Waals surface area contributed by atoms with Gasteiger partial charge in [0.1, 0.15) is 0 Å². The molecule has 2 rings (SSSR count). The summed E-state index contributed by atoms with van der Waals surface area (Å²) in [6, 6.07) is 3.35. The van der Waals surface area contributed by atoms with Gasteiger partial charge in [0.15, 0.2) is 0 Å². The van der Waals surface area contributed by atoms with Gasteiger partial charge in [-0.2, -0.15) is 13.9 Å². The van der Waals surface area contributed by atoms with Crippen LogP contribution in [0.3, 0.4) is 0 Å². The molecule has 0 aliphatic rings. The average Bonchev–Trinajstić information content (AvgIpc) is 2.47. The van der Waals surface area contributed by atoms with Crippen molar-refractivity contribution >= 4 is 16.6 Å². The molecule has 0 atom stereocenters. The van der Waals surface area contributed by atoms with Gasteiger partial charge in [-0.05, 0) is 24.6 Å². The van der Waals surface area contributed by atoms with Crippen LogP contribution in [0.4, 0.5) is 14.5 Å². The summed E-state index contributed by atoms with van der Waals surface area (Å²) in [4.78, 5) is 0. The first-order chi connectivity index (χ1) is 6.58. The van der Waals surface area contributed by atoms with E-state index in [1.807, 2.05) is 0 Å². The molecule has 2 N–H and O–H groups in total. The summed E-state index contributed by atoms with van der Waals surface area (Å²) in [5, 5.41) is 4.41. The van der Waals surface area contributed by atoms with E-state index >= 15 is 0 Å². The normalized spacial score (nSPS) is 11.4. The SMILES string of the molecule is Cc1cc(N)cc2cn(C(F)F)nc12. The smallest absolute Gasteiger partial charge is 0.333 e. The number of aromatic nitrogens is 2. The lowest BCUT2D eigenvalue weighted by Gasteiger charge is -1.96. The molecule has 3 nitrogen and oxygen atoms in total. The van der Waals surface area contributed by atoms with Crippen LogP contribution in [0, 0.1) is 6.92 Å². The molecule has 1 aromatic heterocycles. The van der Waals surface area contributed by atoms with Gasteiger partial charge in [-0.25, -0.2) is 4.68 Å². The van der Waals surface area contributed by atoms with E-state index in [4.69, 9.17) is 5.73 Å². The first kappa shape index (κ1) is 8.93. The van der Waals surface area contributed by atoms with E-state index in [1.54, 1.807) is 19.1 Å². The van der Waals surface area contributed by atoms with Crippen LogP contribution in [0.25, 0.3) is 10.9 Å². The number of nitrogen functional groups attached to an aromatic ring is 1. The van der Waals surface area contributed by atoms with Crippen LogP contribution >= 0.6 is 0 Å². The van der Waals surface area contributed by atoms with E-state index in [0.29, 0.717) is 21.3 Å². The molecule has 0 aliphatic carbocycles. The third-order valence-electron chi connectivity index (χ3n) is 2.04. The molecule has 0 radical (unpaired) electrons. The van der Waals surface area contributed by atoms with Crippen molar-refractivity contribution in [1.29, 1.82) is 0 Å². The van der Waals surface area contributed by atoms with E-state index < -0.39 is 6.55 Å². The maximum absolute atomic E-state index is 12.3. The molecular formula is C9H9F2N3. The fourth-order valence-corrected chi connectivity index (χ4v) is 1.46. The molecule has 5 heteroatoms. The van der Waals surface area contributed by atoms with Crippen LogP contribution in [0.1, 0.15) is 12.1 Å². The number of aryl methyl sites for hydroxylation is 1. The third kappa shape index (κ3) is 1.30. The van der Waals surface area contributed by atoms with E-state index in [1.165, 1.54) is 6.20 Å². The highest BCUT2D eigenvalue weighted by atomic mass is 19.3. The van der Waals surface area contributed by atoms with Crippen LogP contribution in [0.2, 0.25) is 0 Å². The summed E-state index contributed by atoms with van der Waals surface area (Å²) < 4.78 is 25.2. The van der Waals surface area contributed by atoms with Gasteiger partial charge in [-0.15, -0.1) is 0 Å². The molecule has 1 heterocycles. The number of benzene rings is 1. The van der Waals surface area contributed by atoms with E-state index in [9.17, 15) is 8.78 Å². The Morgan fingerprint density at radius 2 is 2.14 bits per heavy atom. The van der Waals surface area contributed by atoms with Crippen molar-refractivity contribution in [2.45, 2.75) is 13.5 Å². The van der Waals surface area contributed by atoms with Crippen molar-refractivity contribution in [3.8, 4) is 0 Å². The number of nitrogens with zero attached hydrogens (tertiary/aromatic N) is 2. The highest BCUT2D eigenvalue weighted by Gasteiger charge is 2.10. The molecule has 0 amide bonds. The largest absolute Gasteiger partial charge is 0.399 e. The molecule has 0 fully saturated rings. The van der Waals surface area contributed by atoms with Crippen molar-refractivity contribution in [3.63, 3.8) is 0 Å². The molecule has 0 saturated heterocycles. The minimum absolute atomic E-state index is 0.559. The zero-order valence-electron chi connectivity index (χ0n) is 7.54. The minimum Gasteiger partial charge on any atom is -0.399 e. The maximum Gasteiger partial charge on any atom is 0.333 e. The van der Waals surface area contributed by atoms with Crippen molar-refractivity contribution in [2.24, 2.45) is 0 Å². The highest BCUT2D eigenvalue weighted by molar-refractivity contribution is 5.84. The summed E-state index contributed by atoms with van der Waals surface area (Å²) in [5.74, 6) is 0. The van der Waals surface area contributed by atoms with Crippen molar-refractivity contribution in [3.05, 3.63) is 23.9 Å². The summed E-state index contributed by atoms with van der Waals surface area (Å²) in [7, 11) is 0. The van der Waals surface area contributed by atoms with Gasteiger partial charge in [-0.1, -0.05) is 0 Å². The second-order valence-corrected chi connectivity index (χ2v) is 3.16. The zero-order chi connectivity index (χ0) is 10.3. The van der Waals surface area contributed by atoms with E-state index in [2.05, 4.69) is 5.10 Å². The van der Waals surface area contributed by atoms with Gasteiger partial charge in [0.25, 0.3) is 0 Å². The van der Waals surface area contributed by atoms with Crippen molar-refractivity contribution < 1.29 is 8.78 Å². The Labute approximate surface area is 79.1 Å². The van der Waals surface area contributed by atoms with Gasteiger partial charge in [-0.3, -0.25) is 0 Å². The molecule has 0 unspecified atom stereocenters. The quantitative estimate of drug-likeness (QED) is 0.713. The van der Waals surface area contributed by atoms with Crippen LogP contribution in [0.15, 0.2) is 18.3 Å². The number of nitrogens with two attached hydrogens (primary N) is 1. The lowest BCUT2D eigenvalue weighted by atomic mass is 10.1. The molecule has 1 aromatic carbocycles. The number of rotatable bonds is 1. The second-order valence-electron chi connectivity index (χ2n) is 3.16. The fourth-order valence-electron chi connectivity index (χ4n) is 1.46. The molecule has 2 aromatic rings. The predicted molar refractivity (Wildman–Crippen MR) is 50.1 cm³/mol. The Kier molecular flexibility index (Phi) is 1.87. The molecule has 0 bridgehead atoms. The maximum atomic E-state index is 12.3. The first-order valence-corrected chi connectivity index (χ1v) is 4.11. The van der Waals surface area contributed by atoms with Gasteiger partial charge >= 0.3 is 6.55 Å². The van der Waals surface area contributed by atoms with Gasteiger partial charge in [0.2, 0.25) is 0 Å². The van der Waals surface area contributed by atoms with Crippen molar-refractivity contribution in [2.75, 3.05) is 5.73 Å². The van der Waals surface area contributed by atoms with E-state index in [0.717, 1.165) is 5.56 Å². The molecule has 0 aliphatic heterocycles. The number of alkyl halides is 2. The van der Waals surface area contributed by atoms with Crippen LogP contribution in [-0.4, -0.2) is 9.78 Å². The average molecular weight is 197 g/mol. The summed E-state index contributed by atoms with van der Waals surface area (Å²) in [6.07, 6.45) is 1.30. The van der Waals surface area contributed by atoms with Crippen LogP contribution in [-0.2, 0) is 0 Å². The van der Waals surface area contributed by atoms with Gasteiger partial charge in [0, 0.05) is 17.3 Å². The summed E-state index contributed by atoms with van der Waals surface area (Å²) in [5.41, 5.74) is 7.52. The van der Waals surface area contributed by atoms with E-state index in [-0.39, 0.29) is 0 Å². The Morgan fingerprint density at radius 3 is 2.79 bits per heavy atom. The van der Waals surface area contributed by atoms with Gasteiger partial charge < -0.3 is 5.73 Å². The standard InChI is InChI=1S/C9H9F2N3/c1-5-2-7(12)3-6-4-14(9(10)11)13-8(5)6/h2-4,9H,12H2,1H3. The monoisotopic (exact) mass is 197 g/mol. The molecular weight excluding hydrogens is 188 g/mol. The molecule has 0 spiro atoms. The number of halogens is 2. The topological polar surface area (TPSA) is 43.8 Å². The molecule has 0 saturated carbocycles. The molecule has 14 heavy (non-hydrogen) atoms. The first-order valence-electron chi connectivity index (χ1n) is 4.11. The Bertz CT molecular complexity index is 476. The fraction of sp³-hybridized carbons (Fsp3) is 0.222. The second kappa shape index (κ2) is 2.94. The van der Waals surface area contributed by atoms with Crippen LogP contribution < -0.4 is 5.73 Å². The predicted octanol–water partition coefficient (Wildman–Crippen LogP) is 2.32. The lowest BCUT2D eigenvalue weighted by molar-refractivity contribution is 0.0573. The number of fused-ring (bicyclic) bond motifs is 1. The summed E-state index contributed by atoms with van der Waals surface area (Å²) in [6.45, 7) is -0.815. The number of hydrogen-bond donors (Lipinski definition) is 1. The zero-order valence-corrected chi connectivity index (χ0v) is 7.54. The summed E-state index contributed by atoms with van der Waals surface area (Å²) >= 11 is 0. The van der Waals surface area contributed by atoms with Gasteiger partial charge in [0.05, 0.1) is 5.52 Å².